The van der Waals surface area contributed by atoms with Crippen LogP contribution in [0.5, 0.6) is 0 Å². The molecule has 69 heavy (non-hydrogen) atoms. The summed E-state index contributed by atoms with van der Waals surface area (Å²) < 4.78 is 0. The van der Waals surface area contributed by atoms with E-state index in [0.29, 0.717) is 0 Å². The standard InChI is InChI=1S/C64H62N4.Ni/c1-61(2,3)44-30-42(31-45(35-44)62(4,5)6)59-54-26-22-48(65-54)37-49-23-27-56(66-49)60(43-32-46(63(7,8)9)36-47(33-43)64(10,11)12)58-34-41(57(68-58)38-50-24-28-55(59)67-50)21-25-53-51-19-15-13-17-39(51)29-40-18-14-16-20-52(40)53;/h13-38H,1-12H3;/q-2;+2/b25-21+,48-37?,49-37?,50-38?,57-38?,59-54?,59-55?,60-56?,60-58?;. The number of hydrogen-bond donors (Lipinski definition) is 0. The Balaban J connectivity index is 0.00000593. The Labute approximate surface area is 418 Å². The fourth-order valence-corrected chi connectivity index (χ4v) is 9.44. The second-order valence-corrected chi connectivity index (χ2v) is 23.0. The Hall–Kier alpha value is -6.55. The first-order valence-corrected chi connectivity index (χ1v) is 24.1. The molecule has 0 atom stereocenters. The maximum atomic E-state index is 5.60. The van der Waals surface area contributed by atoms with Crippen molar-refractivity contribution in [2.24, 2.45) is 0 Å². The van der Waals surface area contributed by atoms with E-state index in [1.54, 1.807) is 0 Å². The van der Waals surface area contributed by atoms with Gasteiger partial charge in [-0.05, 0) is 118 Å². The van der Waals surface area contributed by atoms with E-state index in [4.69, 9.17) is 19.9 Å². The van der Waals surface area contributed by atoms with Crippen LogP contribution in [0.15, 0.2) is 133 Å². The monoisotopic (exact) mass is 944 g/mol. The van der Waals surface area contributed by atoms with Crippen LogP contribution in [-0.4, -0.2) is 9.97 Å². The van der Waals surface area contributed by atoms with E-state index in [-0.39, 0.29) is 38.2 Å². The van der Waals surface area contributed by atoms with Crippen LogP contribution in [0.3, 0.4) is 0 Å². The molecule has 0 fully saturated rings. The van der Waals surface area contributed by atoms with Crippen molar-refractivity contribution in [3.8, 4) is 22.3 Å². The van der Waals surface area contributed by atoms with Crippen molar-refractivity contribution in [1.82, 2.24) is 19.9 Å². The zero-order chi connectivity index (χ0) is 47.9. The predicted octanol–water partition coefficient (Wildman–Crippen LogP) is 16.8. The number of benzene rings is 5. The predicted molar refractivity (Wildman–Crippen MR) is 292 cm³/mol. The second kappa shape index (κ2) is 17.4. The smallest absolute Gasteiger partial charge is 0.657 e. The molecule has 5 aromatic carbocycles. The van der Waals surface area contributed by atoms with E-state index in [0.717, 1.165) is 72.7 Å². The Morgan fingerprint density at radius 1 is 0.435 bits per heavy atom. The summed E-state index contributed by atoms with van der Waals surface area (Å²) in [4.78, 5) is 21.7. The topological polar surface area (TPSA) is 54.0 Å². The summed E-state index contributed by atoms with van der Waals surface area (Å²) in [6.45, 7) is 27.5. The molecule has 0 N–H and O–H groups in total. The van der Waals surface area contributed by atoms with Gasteiger partial charge in [-0.3, -0.25) is 0 Å². The van der Waals surface area contributed by atoms with Crippen LogP contribution in [0, 0.1) is 0 Å². The average molecular weight is 946 g/mol. The number of rotatable bonds is 4. The average Bonchev–Trinajstić information content (AvgIpc) is 4.11. The summed E-state index contributed by atoms with van der Waals surface area (Å²) in [5, 5.41) is 4.85. The minimum atomic E-state index is -0.0820. The third kappa shape index (κ3) is 9.47. The van der Waals surface area contributed by atoms with Gasteiger partial charge in [0.15, 0.2) is 0 Å². The summed E-state index contributed by atoms with van der Waals surface area (Å²) in [7, 11) is 0. The number of aromatic nitrogens is 4. The molecular formula is C64H62N4Ni. The molecule has 2 aliphatic heterocycles. The third-order valence-corrected chi connectivity index (χ3v) is 13.6. The van der Waals surface area contributed by atoms with Gasteiger partial charge in [0.25, 0.3) is 0 Å². The van der Waals surface area contributed by atoms with Crippen LogP contribution in [0.2, 0.25) is 0 Å². The van der Waals surface area contributed by atoms with Crippen molar-refractivity contribution in [3.63, 3.8) is 0 Å². The largest absolute Gasteiger partial charge is 2.00 e. The van der Waals surface area contributed by atoms with Gasteiger partial charge < -0.3 is 9.97 Å². The molecule has 0 radical (unpaired) electrons. The minimum absolute atomic E-state index is 0. The molecule has 0 spiro atoms. The first-order valence-electron chi connectivity index (χ1n) is 24.1. The normalized spacial score (nSPS) is 13.4. The van der Waals surface area contributed by atoms with E-state index in [2.05, 4.69) is 241 Å². The molecule has 0 saturated heterocycles. The summed E-state index contributed by atoms with van der Waals surface area (Å²) in [5.41, 5.74) is 18.1. The SMILES string of the molecule is CC(C)(C)c1cc(-c2c3nc(cc4ccc([n-]4)c(-c4cc(C(C)(C)C)cc(C(C)(C)C)c4)c4nc(cc5ccc2[n-]5)C(/C=C/c2c5ccccc5cc5ccccc25)=C4)C=C3)cc(C(C)(C)C)c1.[Ni+2]. The van der Waals surface area contributed by atoms with Crippen LogP contribution in [-0.2, 0) is 38.2 Å². The van der Waals surface area contributed by atoms with E-state index in [1.165, 1.54) is 49.4 Å². The quantitative estimate of drug-likeness (QED) is 0.130. The Bertz CT molecular complexity index is 3480. The Morgan fingerprint density at radius 3 is 1.39 bits per heavy atom. The van der Waals surface area contributed by atoms with E-state index >= 15 is 0 Å². The molecule has 8 aromatic rings. The van der Waals surface area contributed by atoms with Gasteiger partial charge in [0.2, 0.25) is 0 Å². The van der Waals surface area contributed by atoms with Crippen LogP contribution < -0.4 is 9.97 Å². The molecule has 0 aliphatic carbocycles. The number of fused-ring (bicyclic) bond motifs is 10. The number of hydrogen-bond acceptors (Lipinski definition) is 2. The van der Waals surface area contributed by atoms with Crippen molar-refractivity contribution in [1.29, 1.82) is 0 Å². The molecule has 4 nitrogen and oxygen atoms in total. The number of allylic oxidation sites excluding steroid dienone is 2. The van der Waals surface area contributed by atoms with Crippen molar-refractivity contribution in [2.45, 2.75) is 105 Å². The van der Waals surface area contributed by atoms with Crippen molar-refractivity contribution >= 4 is 73.5 Å². The molecular weight excluding hydrogens is 883 g/mol. The molecule has 348 valence electrons. The van der Waals surface area contributed by atoms with Gasteiger partial charge in [0.05, 0.1) is 22.8 Å². The first kappa shape index (κ1) is 47.5. The van der Waals surface area contributed by atoms with Gasteiger partial charge in [-0.2, -0.15) is 0 Å². The van der Waals surface area contributed by atoms with E-state index < -0.39 is 0 Å². The van der Waals surface area contributed by atoms with Crippen LogP contribution in [0.4, 0.5) is 0 Å². The van der Waals surface area contributed by atoms with Crippen molar-refractivity contribution in [2.75, 3.05) is 0 Å². The van der Waals surface area contributed by atoms with Crippen LogP contribution in [0.25, 0.3) is 95.7 Å². The van der Waals surface area contributed by atoms with Gasteiger partial charge in [-0.15, -0.1) is 22.1 Å². The summed E-state index contributed by atoms with van der Waals surface area (Å²) in [6.07, 6.45) is 11.0. The van der Waals surface area contributed by atoms with Gasteiger partial charge in [-0.25, -0.2) is 9.97 Å². The second-order valence-electron chi connectivity index (χ2n) is 23.0. The summed E-state index contributed by atoms with van der Waals surface area (Å²) in [5.74, 6) is 0. The molecule has 8 bridgehead atoms. The fourth-order valence-electron chi connectivity index (χ4n) is 9.44. The zero-order valence-electron chi connectivity index (χ0n) is 42.1. The molecule has 0 unspecified atom stereocenters. The Morgan fingerprint density at radius 2 is 0.899 bits per heavy atom. The van der Waals surface area contributed by atoms with Gasteiger partial charge in [0, 0.05) is 5.57 Å². The van der Waals surface area contributed by atoms with Crippen LogP contribution in [0.1, 0.15) is 134 Å². The molecule has 0 saturated carbocycles. The molecule has 10 rings (SSSR count). The van der Waals surface area contributed by atoms with Gasteiger partial charge in [-0.1, -0.05) is 217 Å². The van der Waals surface area contributed by atoms with Crippen molar-refractivity contribution in [3.05, 3.63) is 184 Å². The molecule has 5 heteroatoms. The first-order chi connectivity index (χ1) is 32.2. The molecule has 3 aromatic heterocycles. The van der Waals surface area contributed by atoms with E-state index in [1.807, 2.05) is 0 Å². The van der Waals surface area contributed by atoms with E-state index in [9.17, 15) is 0 Å². The fraction of sp³-hybridized carbons (Fsp3) is 0.250. The third-order valence-electron chi connectivity index (χ3n) is 13.6. The van der Waals surface area contributed by atoms with Gasteiger partial charge in [0.1, 0.15) is 0 Å². The summed E-state index contributed by atoms with van der Waals surface area (Å²) in [6, 6.07) is 46.5. The molecule has 5 heterocycles. The van der Waals surface area contributed by atoms with Gasteiger partial charge >= 0.3 is 16.5 Å². The summed E-state index contributed by atoms with van der Waals surface area (Å²) >= 11 is 0. The maximum Gasteiger partial charge on any atom is 2.00 e. The Kier molecular flexibility index (Phi) is 12.0. The minimum Gasteiger partial charge on any atom is -0.657 e. The number of nitrogens with zero attached hydrogens (tertiary/aromatic N) is 4. The zero-order valence-corrected chi connectivity index (χ0v) is 43.1. The van der Waals surface area contributed by atoms with Crippen molar-refractivity contribution < 1.29 is 16.5 Å². The van der Waals surface area contributed by atoms with Crippen LogP contribution >= 0.6 is 0 Å². The maximum absolute atomic E-state index is 5.60. The molecule has 0 amide bonds. The molecule has 2 aliphatic rings.